The molecule has 0 amide bonds. The van der Waals surface area contributed by atoms with Gasteiger partial charge in [0.15, 0.2) is 0 Å². The molecule has 0 heterocycles. The molecule has 1 rings (SSSR count). The SMILES string of the molecule is C=CC1CC=CCC1.C=CC=C. The Morgan fingerprint density at radius 1 is 1.08 bits per heavy atom. The maximum Gasteiger partial charge on any atom is -0.0199 e. The molecule has 0 bridgehead atoms. The Bertz CT molecular complexity index is 157. The largest absolute Gasteiger partial charge is 0.103 e. The zero-order valence-corrected chi connectivity index (χ0v) is 7.71. The predicted molar refractivity (Wildman–Crippen MR) is 57.1 cm³/mol. The maximum absolute atomic E-state index is 3.75. The normalized spacial score (nSPS) is 20.2. The van der Waals surface area contributed by atoms with Crippen molar-refractivity contribution in [1.82, 2.24) is 0 Å². The highest BCUT2D eigenvalue weighted by Gasteiger charge is 2.02. The molecular weight excluding hydrogens is 144 g/mol. The third kappa shape index (κ3) is 5.72. The van der Waals surface area contributed by atoms with Gasteiger partial charge in [-0.3, -0.25) is 0 Å². The van der Waals surface area contributed by atoms with Crippen LogP contribution in [0.25, 0.3) is 0 Å². The summed E-state index contributed by atoms with van der Waals surface area (Å²) in [7, 11) is 0. The average molecular weight is 162 g/mol. The number of hydrogen-bond donors (Lipinski definition) is 0. The molecule has 0 radical (unpaired) electrons. The molecule has 0 heteroatoms. The zero-order chi connectivity index (χ0) is 9.23. The fourth-order valence-corrected chi connectivity index (χ4v) is 1.03. The molecule has 0 aromatic rings. The molecular formula is C12H18. The molecule has 0 aliphatic heterocycles. The van der Waals surface area contributed by atoms with Crippen molar-refractivity contribution >= 4 is 0 Å². The summed E-state index contributed by atoms with van der Waals surface area (Å²) >= 11 is 0. The van der Waals surface area contributed by atoms with Crippen LogP contribution in [0, 0.1) is 5.92 Å². The molecule has 0 nitrogen and oxygen atoms in total. The molecule has 0 saturated heterocycles. The van der Waals surface area contributed by atoms with Gasteiger partial charge in [0.25, 0.3) is 0 Å². The van der Waals surface area contributed by atoms with Crippen molar-refractivity contribution in [3.63, 3.8) is 0 Å². The number of allylic oxidation sites excluding steroid dienone is 5. The minimum Gasteiger partial charge on any atom is -0.103 e. The highest BCUT2D eigenvalue weighted by molar-refractivity contribution is 4.95. The molecule has 0 saturated carbocycles. The van der Waals surface area contributed by atoms with E-state index < -0.39 is 0 Å². The third-order valence-corrected chi connectivity index (χ3v) is 1.81. The first-order valence-electron chi connectivity index (χ1n) is 4.36. The van der Waals surface area contributed by atoms with Crippen molar-refractivity contribution < 1.29 is 0 Å². The van der Waals surface area contributed by atoms with Crippen molar-refractivity contribution in [2.75, 3.05) is 0 Å². The highest BCUT2D eigenvalue weighted by atomic mass is 14.1. The lowest BCUT2D eigenvalue weighted by atomic mass is 9.95. The smallest absolute Gasteiger partial charge is 0.0199 e. The van der Waals surface area contributed by atoms with Gasteiger partial charge in [0.05, 0.1) is 0 Å². The highest BCUT2D eigenvalue weighted by Crippen LogP contribution is 2.17. The lowest BCUT2D eigenvalue weighted by Crippen LogP contribution is -1.96. The van der Waals surface area contributed by atoms with Crippen LogP contribution < -0.4 is 0 Å². The molecule has 1 unspecified atom stereocenters. The first-order valence-corrected chi connectivity index (χ1v) is 4.36. The predicted octanol–water partition coefficient (Wildman–Crippen LogP) is 3.89. The zero-order valence-electron chi connectivity index (χ0n) is 7.71. The second-order valence-electron chi connectivity index (χ2n) is 2.75. The molecule has 0 spiro atoms. The van der Waals surface area contributed by atoms with Crippen LogP contribution in [0.4, 0.5) is 0 Å². The Morgan fingerprint density at radius 3 is 2.00 bits per heavy atom. The first-order chi connectivity index (χ1) is 5.85. The maximum atomic E-state index is 3.75. The Kier molecular flexibility index (Phi) is 7.36. The van der Waals surface area contributed by atoms with Crippen LogP contribution in [-0.4, -0.2) is 0 Å². The fraction of sp³-hybridized carbons (Fsp3) is 0.333. The van der Waals surface area contributed by atoms with E-state index in [1.54, 1.807) is 12.2 Å². The third-order valence-electron chi connectivity index (χ3n) is 1.81. The van der Waals surface area contributed by atoms with Crippen LogP contribution in [0.5, 0.6) is 0 Å². The van der Waals surface area contributed by atoms with Gasteiger partial charge in [-0.1, -0.05) is 43.5 Å². The monoisotopic (exact) mass is 162 g/mol. The number of hydrogen-bond acceptors (Lipinski definition) is 0. The van der Waals surface area contributed by atoms with Crippen LogP contribution in [0.1, 0.15) is 19.3 Å². The van der Waals surface area contributed by atoms with E-state index >= 15 is 0 Å². The molecule has 0 aromatic carbocycles. The summed E-state index contributed by atoms with van der Waals surface area (Å²) in [4.78, 5) is 0. The van der Waals surface area contributed by atoms with E-state index in [1.807, 2.05) is 0 Å². The van der Waals surface area contributed by atoms with Gasteiger partial charge in [-0.15, -0.1) is 6.58 Å². The van der Waals surface area contributed by atoms with E-state index in [0.29, 0.717) is 0 Å². The Balaban J connectivity index is 0.000000261. The Labute approximate surface area is 76.0 Å². The molecule has 0 fully saturated rings. The van der Waals surface area contributed by atoms with Crippen molar-refractivity contribution in [3.05, 3.63) is 50.1 Å². The standard InChI is InChI=1S/C8H12.C4H6/c1-2-8-6-4-3-5-7-8;1-3-4-2/h2-4,8H,1,5-7H2;3-4H,1-2H2. The van der Waals surface area contributed by atoms with E-state index in [9.17, 15) is 0 Å². The first kappa shape index (κ1) is 11.0. The fourth-order valence-electron chi connectivity index (χ4n) is 1.03. The second-order valence-corrected chi connectivity index (χ2v) is 2.75. The minimum absolute atomic E-state index is 0.764. The molecule has 1 aliphatic rings. The van der Waals surface area contributed by atoms with Crippen molar-refractivity contribution in [3.8, 4) is 0 Å². The van der Waals surface area contributed by atoms with E-state index in [4.69, 9.17) is 0 Å². The van der Waals surface area contributed by atoms with E-state index in [1.165, 1.54) is 19.3 Å². The van der Waals surface area contributed by atoms with E-state index in [-0.39, 0.29) is 0 Å². The van der Waals surface area contributed by atoms with E-state index in [0.717, 1.165) is 5.92 Å². The van der Waals surface area contributed by atoms with Crippen molar-refractivity contribution in [2.45, 2.75) is 19.3 Å². The van der Waals surface area contributed by atoms with Crippen LogP contribution in [0.2, 0.25) is 0 Å². The van der Waals surface area contributed by atoms with Gasteiger partial charge in [0, 0.05) is 0 Å². The lowest BCUT2D eigenvalue weighted by molar-refractivity contribution is 0.585. The summed E-state index contributed by atoms with van der Waals surface area (Å²) < 4.78 is 0. The van der Waals surface area contributed by atoms with Crippen molar-refractivity contribution in [1.29, 1.82) is 0 Å². The van der Waals surface area contributed by atoms with Crippen LogP contribution in [0.15, 0.2) is 50.1 Å². The van der Waals surface area contributed by atoms with Gasteiger partial charge >= 0.3 is 0 Å². The second kappa shape index (κ2) is 8.06. The molecule has 12 heavy (non-hydrogen) atoms. The quantitative estimate of drug-likeness (QED) is 0.427. The molecule has 66 valence electrons. The summed E-state index contributed by atoms with van der Waals surface area (Å²) in [5.74, 6) is 0.764. The molecule has 1 aliphatic carbocycles. The van der Waals surface area contributed by atoms with Gasteiger partial charge in [-0.2, -0.15) is 0 Å². The van der Waals surface area contributed by atoms with Crippen LogP contribution in [0.3, 0.4) is 0 Å². The minimum atomic E-state index is 0.764. The van der Waals surface area contributed by atoms with Gasteiger partial charge in [0.1, 0.15) is 0 Å². The molecule has 0 aromatic heterocycles. The Morgan fingerprint density at radius 2 is 1.75 bits per heavy atom. The number of rotatable bonds is 2. The van der Waals surface area contributed by atoms with Gasteiger partial charge in [-0.05, 0) is 25.2 Å². The van der Waals surface area contributed by atoms with Crippen LogP contribution >= 0.6 is 0 Å². The summed E-state index contributed by atoms with van der Waals surface area (Å²) in [5, 5.41) is 0. The average Bonchev–Trinajstić information content (AvgIpc) is 2.19. The summed E-state index contributed by atoms with van der Waals surface area (Å²) in [6, 6.07) is 0. The van der Waals surface area contributed by atoms with Gasteiger partial charge in [0.2, 0.25) is 0 Å². The molecule has 1 atom stereocenters. The summed E-state index contributed by atoms with van der Waals surface area (Å²) in [5.41, 5.74) is 0. The summed E-state index contributed by atoms with van der Waals surface area (Å²) in [6.45, 7) is 10.5. The van der Waals surface area contributed by atoms with Crippen molar-refractivity contribution in [2.24, 2.45) is 5.92 Å². The van der Waals surface area contributed by atoms with Crippen LogP contribution in [-0.2, 0) is 0 Å². The van der Waals surface area contributed by atoms with Gasteiger partial charge < -0.3 is 0 Å². The summed E-state index contributed by atoms with van der Waals surface area (Å²) in [6.07, 6.45) is 13.6. The van der Waals surface area contributed by atoms with Gasteiger partial charge in [-0.25, -0.2) is 0 Å². The molecule has 0 N–H and O–H groups in total. The Hall–Kier alpha value is -1.04. The topological polar surface area (TPSA) is 0 Å². The van der Waals surface area contributed by atoms with E-state index in [2.05, 4.69) is 38.0 Å². The lowest BCUT2D eigenvalue weighted by Gasteiger charge is -2.11.